The molecule has 256 valence electrons. The fourth-order valence-corrected chi connectivity index (χ4v) is 7.31. The van der Waals surface area contributed by atoms with Crippen molar-refractivity contribution in [1.29, 1.82) is 0 Å². The average Bonchev–Trinajstić information content (AvgIpc) is 3.70. The molecule has 2 N–H and O–H groups in total. The largest absolute Gasteiger partial charge is 0.363 e. The Kier molecular flexibility index (Phi) is 11.4. The third-order valence-electron chi connectivity index (χ3n) is 7.77. The van der Waals surface area contributed by atoms with Gasteiger partial charge in [0.15, 0.2) is 10.3 Å². The molecule has 0 atom stereocenters. The maximum atomic E-state index is 12.5. The summed E-state index contributed by atoms with van der Waals surface area (Å²) in [7, 11) is 3.78. The predicted octanol–water partition coefficient (Wildman–Crippen LogP) is 9.48. The number of aryl methyl sites for hydroxylation is 6. The van der Waals surface area contributed by atoms with Crippen LogP contribution in [0.5, 0.6) is 0 Å². The number of anilines is 3. The monoisotopic (exact) mass is 723 g/mol. The number of rotatable bonds is 7. The number of hydrogen-bond acceptors (Lipinski definition) is 9. The third kappa shape index (κ3) is 8.78. The zero-order chi connectivity index (χ0) is 36.1. The number of benzene rings is 2. The van der Waals surface area contributed by atoms with Crippen LogP contribution in [0.4, 0.5) is 16.1 Å². The Balaban J connectivity index is 0.000000195. The maximum Gasteiger partial charge on any atom is 0.257 e. The van der Waals surface area contributed by atoms with Crippen molar-refractivity contribution in [1.82, 2.24) is 19.9 Å². The van der Waals surface area contributed by atoms with E-state index in [-0.39, 0.29) is 17.0 Å². The zero-order valence-electron chi connectivity index (χ0n) is 29.2. The van der Waals surface area contributed by atoms with E-state index < -0.39 is 0 Å². The lowest BCUT2D eigenvalue weighted by molar-refractivity contribution is 0.101. The van der Waals surface area contributed by atoms with Gasteiger partial charge in [0.05, 0.1) is 11.4 Å². The van der Waals surface area contributed by atoms with Gasteiger partial charge in [0, 0.05) is 59.5 Å². The Morgan fingerprint density at radius 3 is 1.48 bits per heavy atom. The van der Waals surface area contributed by atoms with Crippen LogP contribution in [0.2, 0.25) is 5.15 Å². The van der Waals surface area contributed by atoms with Gasteiger partial charge in [0.2, 0.25) is 0 Å². The lowest BCUT2D eigenvalue weighted by atomic mass is 9.98. The highest BCUT2D eigenvalue weighted by Gasteiger charge is 2.15. The first kappa shape index (κ1) is 36.3. The molecule has 0 saturated carbocycles. The number of thiazole rings is 2. The van der Waals surface area contributed by atoms with Crippen LogP contribution >= 0.6 is 34.3 Å². The molecule has 50 heavy (non-hydrogen) atoms. The van der Waals surface area contributed by atoms with Crippen LogP contribution in [-0.2, 0) is 0 Å². The third-order valence-corrected chi connectivity index (χ3v) is 9.49. The van der Waals surface area contributed by atoms with Crippen molar-refractivity contribution in [3.63, 3.8) is 0 Å². The van der Waals surface area contributed by atoms with Crippen LogP contribution in [-0.4, -0.2) is 45.8 Å². The van der Waals surface area contributed by atoms with Crippen LogP contribution in [0.3, 0.4) is 0 Å². The molecule has 4 aromatic heterocycles. The smallest absolute Gasteiger partial charge is 0.257 e. The van der Waals surface area contributed by atoms with Gasteiger partial charge in [0.1, 0.15) is 11.0 Å². The predicted molar refractivity (Wildman–Crippen MR) is 207 cm³/mol. The Bertz CT molecular complexity index is 2150. The summed E-state index contributed by atoms with van der Waals surface area (Å²) in [6.45, 7) is 12.5. The molecule has 0 aliphatic heterocycles. The summed E-state index contributed by atoms with van der Waals surface area (Å²) in [6, 6.07) is 15.2. The summed E-state index contributed by atoms with van der Waals surface area (Å²) in [5, 5.41) is 11.1. The second-order valence-corrected chi connectivity index (χ2v) is 14.3. The fourth-order valence-electron chi connectivity index (χ4n) is 5.75. The number of carbonyl (C=O) groups is 2. The van der Waals surface area contributed by atoms with Crippen molar-refractivity contribution in [3.8, 4) is 22.5 Å². The summed E-state index contributed by atoms with van der Waals surface area (Å²) in [4.78, 5) is 43.9. The van der Waals surface area contributed by atoms with Gasteiger partial charge in [-0.3, -0.25) is 20.2 Å². The molecule has 0 fully saturated rings. The van der Waals surface area contributed by atoms with E-state index in [4.69, 9.17) is 11.6 Å². The second kappa shape index (κ2) is 15.7. The molecule has 0 aliphatic rings. The van der Waals surface area contributed by atoms with Crippen molar-refractivity contribution in [2.75, 3.05) is 29.6 Å². The normalized spacial score (nSPS) is 10.7. The molecule has 9 nitrogen and oxygen atoms in total. The van der Waals surface area contributed by atoms with Crippen molar-refractivity contribution in [2.24, 2.45) is 0 Å². The van der Waals surface area contributed by atoms with Crippen molar-refractivity contribution in [2.45, 2.75) is 41.5 Å². The lowest BCUT2D eigenvalue weighted by Crippen LogP contribution is -2.15. The molecule has 2 amide bonds. The molecule has 0 spiro atoms. The van der Waals surface area contributed by atoms with Crippen LogP contribution < -0.4 is 15.5 Å². The van der Waals surface area contributed by atoms with Gasteiger partial charge in [-0.2, -0.15) is 0 Å². The van der Waals surface area contributed by atoms with Crippen molar-refractivity contribution >= 4 is 62.2 Å². The number of nitrogens with zero attached hydrogens (tertiary/aromatic N) is 5. The van der Waals surface area contributed by atoms with E-state index in [1.807, 2.05) is 29.8 Å². The number of hydrogen-bond donors (Lipinski definition) is 2. The van der Waals surface area contributed by atoms with Crippen LogP contribution in [0.1, 0.15) is 54.1 Å². The molecule has 6 rings (SSSR count). The Morgan fingerprint density at radius 1 is 0.640 bits per heavy atom. The number of carbonyl (C=O) groups excluding carboxylic acids is 2. The number of halogens is 1. The van der Waals surface area contributed by atoms with Gasteiger partial charge in [-0.05, 0) is 88.1 Å². The van der Waals surface area contributed by atoms with Crippen LogP contribution in [0, 0.1) is 41.5 Å². The van der Waals surface area contributed by atoms with Gasteiger partial charge in [0.25, 0.3) is 11.8 Å². The molecule has 0 unspecified atom stereocenters. The molecule has 2 aromatic carbocycles. The summed E-state index contributed by atoms with van der Waals surface area (Å²) in [5.74, 6) is 0.301. The SMILES string of the molecule is Cc1cc(C)c(-c2csc(NC(=O)c3ccnc(Cl)c3)n2)c(C)c1.Cc1cc(C)c(-c2csc(NC(=O)c3ccnc(N(C)C)c3)n2)c(C)c1. The second-order valence-electron chi connectivity index (χ2n) is 12.2. The minimum Gasteiger partial charge on any atom is -0.363 e. The zero-order valence-corrected chi connectivity index (χ0v) is 31.6. The van der Waals surface area contributed by atoms with Gasteiger partial charge in [-0.1, -0.05) is 47.0 Å². The van der Waals surface area contributed by atoms with E-state index in [1.165, 1.54) is 68.3 Å². The van der Waals surface area contributed by atoms with E-state index in [2.05, 4.69) is 96.4 Å². The molecule has 0 bridgehead atoms. The molecule has 12 heteroatoms. The summed E-state index contributed by atoms with van der Waals surface area (Å²) >= 11 is 8.65. The highest BCUT2D eigenvalue weighted by molar-refractivity contribution is 7.14. The van der Waals surface area contributed by atoms with Gasteiger partial charge < -0.3 is 4.90 Å². The summed E-state index contributed by atoms with van der Waals surface area (Å²) < 4.78 is 0. The summed E-state index contributed by atoms with van der Waals surface area (Å²) in [6.07, 6.45) is 3.14. The quantitative estimate of drug-likeness (QED) is 0.158. The van der Waals surface area contributed by atoms with Crippen LogP contribution in [0.15, 0.2) is 71.7 Å². The highest BCUT2D eigenvalue weighted by atomic mass is 35.5. The highest BCUT2D eigenvalue weighted by Crippen LogP contribution is 2.32. The number of nitrogens with one attached hydrogen (secondary N) is 2. The molecular formula is C38H38ClN7O2S2. The number of pyridine rings is 2. The first-order chi connectivity index (χ1) is 23.8. The fraction of sp³-hybridized carbons (Fsp3) is 0.211. The van der Waals surface area contributed by atoms with E-state index in [9.17, 15) is 9.59 Å². The van der Waals surface area contributed by atoms with E-state index in [1.54, 1.807) is 24.4 Å². The Labute approximate surface area is 305 Å². The van der Waals surface area contributed by atoms with Gasteiger partial charge >= 0.3 is 0 Å². The summed E-state index contributed by atoms with van der Waals surface area (Å²) in [5.41, 5.74) is 12.2. The molecular weight excluding hydrogens is 686 g/mol. The molecule has 0 radical (unpaired) electrons. The first-order valence-corrected chi connectivity index (χ1v) is 17.9. The van der Waals surface area contributed by atoms with Crippen LogP contribution in [0.25, 0.3) is 22.5 Å². The minimum atomic E-state index is -0.252. The number of aromatic nitrogens is 4. The molecule has 4 heterocycles. The minimum absolute atomic E-state index is 0.186. The van der Waals surface area contributed by atoms with Gasteiger partial charge in [-0.25, -0.2) is 19.9 Å². The van der Waals surface area contributed by atoms with E-state index >= 15 is 0 Å². The molecule has 6 aromatic rings. The molecule has 0 aliphatic carbocycles. The number of amides is 2. The Hall–Kier alpha value is -4.97. The van der Waals surface area contributed by atoms with E-state index in [0.717, 1.165) is 28.3 Å². The molecule has 0 saturated heterocycles. The topological polar surface area (TPSA) is 113 Å². The lowest BCUT2D eigenvalue weighted by Gasteiger charge is -2.11. The first-order valence-electron chi connectivity index (χ1n) is 15.7. The Morgan fingerprint density at radius 2 is 1.06 bits per heavy atom. The van der Waals surface area contributed by atoms with Gasteiger partial charge in [-0.15, -0.1) is 22.7 Å². The maximum absolute atomic E-state index is 12.5. The average molecular weight is 724 g/mol. The standard InChI is InChI=1S/C20H22N4OS.C18H16ClN3OS/c1-12-8-13(2)18(14(3)9-12)16-11-26-20(22-16)23-19(25)15-6-7-21-17(10-15)24(4)5;1-10-6-11(2)16(12(3)7-10)14-9-24-18(21-14)22-17(23)13-4-5-20-15(19)8-13/h6-11H,1-5H3,(H,22,23,25);4-9H,1-3H3,(H,21,22,23). The van der Waals surface area contributed by atoms with E-state index in [0.29, 0.717) is 21.4 Å². The van der Waals surface area contributed by atoms with Crippen molar-refractivity contribution in [3.05, 3.63) is 121 Å². The van der Waals surface area contributed by atoms with Crippen molar-refractivity contribution < 1.29 is 9.59 Å².